The van der Waals surface area contributed by atoms with E-state index in [9.17, 15) is 4.79 Å². The molecule has 7 heteroatoms. The molecule has 1 amide bonds. The average molecular weight is 380 g/mol. The third kappa shape index (κ3) is 10.0. The first-order valence-corrected chi connectivity index (χ1v) is 9.95. The molecule has 1 atom stereocenters. The Balaban J connectivity index is 2.50. The van der Waals surface area contributed by atoms with E-state index in [1.165, 1.54) is 0 Å². The first-order valence-electron chi connectivity index (χ1n) is 9.95. The minimum atomic E-state index is -0.0173. The molecule has 0 aromatic carbocycles. The van der Waals surface area contributed by atoms with E-state index >= 15 is 0 Å². The van der Waals surface area contributed by atoms with Crippen molar-refractivity contribution in [3.63, 3.8) is 0 Å². The fourth-order valence-corrected chi connectivity index (χ4v) is 2.67. The van der Waals surface area contributed by atoms with Crippen LogP contribution in [0.25, 0.3) is 0 Å². The van der Waals surface area contributed by atoms with Crippen molar-refractivity contribution < 1.29 is 9.21 Å². The van der Waals surface area contributed by atoms with Gasteiger partial charge in [-0.3, -0.25) is 4.79 Å². The summed E-state index contributed by atoms with van der Waals surface area (Å²) in [7, 11) is 3.48. The predicted molar refractivity (Wildman–Crippen MR) is 111 cm³/mol. The maximum absolute atomic E-state index is 11.8. The molecule has 2 N–H and O–H groups in total. The summed E-state index contributed by atoms with van der Waals surface area (Å²) in [6.07, 6.45) is 4.63. The standard InChI is InChI=1S/C20H37N5O2/c1-6-25(7-2)14-8-10-17(3)23-20(22-16-19(26)24(4)5)21-13-12-18-11-9-15-27-18/h9,11,15,17H,6-8,10,12-14,16H2,1-5H3,(H2,21,22,23). The average Bonchev–Trinajstić information content (AvgIpc) is 3.16. The van der Waals surface area contributed by atoms with Gasteiger partial charge in [-0.2, -0.15) is 0 Å². The Morgan fingerprint density at radius 3 is 2.63 bits per heavy atom. The van der Waals surface area contributed by atoms with Gasteiger partial charge in [0.15, 0.2) is 5.96 Å². The van der Waals surface area contributed by atoms with Gasteiger partial charge in [0.25, 0.3) is 0 Å². The van der Waals surface area contributed by atoms with Crippen molar-refractivity contribution in [2.75, 3.05) is 46.8 Å². The highest BCUT2D eigenvalue weighted by molar-refractivity contribution is 5.84. The zero-order valence-electron chi connectivity index (χ0n) is 17.6. The number of rotatable bonds is 12. The van der Waals surface area contributed by atoms with Crippen LogP contribution in [0.2, 0.25) is 0 Å². The van der Waals surface area contributed by atoms with E-state index < -0.39 is 0 Å². The third-order valence-corrected chi connectivity index (χ3v) is 4.50. The minimum absolute atomic E-state index is 0.0173. The van der Waals surface area contributed by atoms with Crippen LogP contribution in [-0.2, 0) is 11.2 Å². The highest BCUT2D eigenvalue weighted by Crippen LogP contribution is 2.01. The number of guanidine groups is 1. The first-order chi connectivity index (χ1) is 13.0. The van der Waals surface area contributed by atoms with Crippen molar-refractivity contribution in [2.45, 2.75) is 46.1 Å². The second-order valence-electron chi connectivity index (χ2n) is 6.92. The van der Waals surface area contributed by atoms with E-state index in [1.807, 2.05) is 12.1 Å². The van der Waals surface area contributed by atoms with Crippen LogP contribution in [0.4, 0.5) is 0 Å². The molecule has 0 spiro atoms. The Morgan fingerprint density at radius 2 is 2.04 bits per heavy atom. The lowest BCUT2D eigenvalue weighted by atomic mass is 10.2. The number of amides is 1. The summed E-state index contributed by atoms with van der Waals surface area (Å²) < 4.78 is 5.36. The molecule has 1 rings (SSSR count). The molecule has 1 unspecified atom stereocenters. The van der Waals surface area contributed by atoms with Crippen LogP contribution in [0.1, 0.15) is 39.4 Å². The molecule has 0 radical (unpaired) electrons. The summed E-state index contributed by atoms with van der Waals surface area (Å²) >= 11 is 0. The van der Waals surface area contributed by atoms with Crippen LogP contribution in [-0.4, -0.2) is 74.5 Å². The lowest BCUT2D eigenvalue weighted by molar-refractivity contribution is -0.127. The van der Waals surface area contributed by atoms with Crippen LogP contribution in [0.3, 0.4) is 0 Å². The second kappa shape index (κ2) is 13.2. The largest absolute Gasteiger partial charge is 0.469 e. The topological polar surface area (TPSA) is 73.1 Å². The van der Waals surface area contributed by atoms with Gasteiger partial charge in [-0.1, -0.05) is 13.8 Å². The molecule has 7 nitrogen and oxygen atoms in total. The van der Waals surface area contributed by atoms with Crippen molar-refractivity contribution in [3.05, 3.63) is 24.2 Å². The summed E-state index contributed by atoms with van der Waals surface area (Å²) in [6.45, 7) is 10.7. The highest BCUT2D eigenvalue weighted by atomic mass is 16.3. The Hall–Kier alpha value is -2.02. The molecule has 154 valence electrons. The molecule has 1 aromatic heterocycles. The number of nitrogens with zero attached hydrogens (tertiary/aromatic N) is 3. The van der Waals surface area contributed by atoms with Crippen LogP contribution >= 0.6 is 0 Å². The third-order valence-electron chi connectivity index (χ3n) is 4.50. The first kappa shape index (κ1) is 23.0. The predicted octanol–water partition coefficient (Wildman–Crippen LogP) is 1.96. The Bertz CT molecular complexity index is 539. The fraction of sp³-hybridized carbons (Fsp3) is 0.700. The summed E-state index contributed by atoms with van der Waals surface area (Å²) in [5.41, 5.74) is 0. The van der Waals surface area contributed by atoms with Gasteiger partial charge in [0, 0.05) is 33.1 Å². The summed E-state index contributed by atoms with van der Waals surface area (Å²) in [6, 6.07) is 4.12. The van der Waals surface area contributed by atoms with Gasteiger partial charge in [-0.05, 0) is 51.5 Å². The van der Waals surface area contributed by atoms with Crippen LogP contribution < -0.4 is 10.6 Å². The SMILES string of the molecule is CCN(CC)CCCC(C)NC(=NCC(=O)N(C)C)NCCc1ccco1. The van der Waals surface area contributed by atoms with E-state index in [-0.39, 0.29) is 18.5 Å². The van der Waals surface area contributed by atoms with Gasteiger partial charge in [-0.15, -0.1) is 0 Å². The maximum Gasteiger partial charge on any atom is 0.243 e. The Labute approximate surface area is 164 Å². The Kier molecular flexibility index (Phi) is 11.2. The second-order valence-corrected chi connectivity index (χ2v) is 6.92. The van der Waals surface area contributed by atoms with Crippen LogP contribution in [0.15, 0.2) is 27.8 Å². The number of carbonyl (C=O) groups excluding carboxylic acids is 1. The van der Waals surface area contributed by atoms with Crippen molar-refractivity contribution in [1.82, 2.24) is 20.4 Å². The number of hydrogen-bond acceptors (Lipinski definition) is 4. The van der Waals surface area contributed by atoms with Crippen LogP contribution in [0, 0.1) is 0 Å². The van der Waals surface area contributed by atoms with E-state index in [2.05, 4.69) is 41.3 Å². The molecule has 0 fully saturated rings. The maximum atomic E-state index is 11.8. The number of nitrogens with one attached hydrogen (secondary N) is 2. The van der Waals surface area contributed by atoms with Crippen LogP contribution in [0.5, 0.6) is 0 Å². The molecule has 0 saturated heterocycles. The summed E-state index contributed by atoms with van der Waals surface area (Å²) in [5.74, 6) is 1.59. The molecule has 1 aromatic rings. The monoisotopic (exact) mass is 379 g/mol. The summed E-state index contributed by atoms with van der Waals surface area (Å²) in [5, 5.41) is 6.72. The van der Waals surface area contributed by atoms with Crippen molar-refractivity contribution in [1.29, 1.82) is 0 Å². The molecular formula is C20H37N5O2. The van der Waals surface area contributed by atoms with Crippen molar-refractivity contribution in [3.8, 4) is 0 Å². The molecule has 0 saturated carbocycles. The zero-order chi connectivity index (χ0) is 20.1. The number of furan rings is 1. The highest BCUT2D eigenvalue weighted by Gasteiger charge is 2.09. The van der Waals surface area contributed by atoms with Crippen molar-refractivity contribution >= 4 is 11.9 Å². The van der Waals surface area contributed by atoms with Gasteiger partial charge in [0.05, 0.1) is 6.26 Å². The normalized spacial score (nSPS) is 12.9. The van der Waals surface area contributed by atoms with E-state index in [0.29, 0.717) is 12.5 Å². The molecule has 1 heterocycles. The van der Waals surface area contributed by atoms with E-state index in [1.54, 1.807) is 25.3 Å². The molecule has 0 bridgehead atoms. The fourth-order valence-electron chi connectivity index (χ4n) is 2.67. The lowest BCUT2D eigenvalue weighted by Crippen LogP contribution is -2.44. The molecule has 0 aliphatic rings. The Morgan fingerprint density at radius 1 is 1.30 bits per heavy atom. The van der Waals surface area contributed by atoms with Gasteiger partial charge in [0.1, 0.15) is 12.3 Å². The number of hydrogen-bond donors (Lipinski definition) is 2. The number of aliphatic imine (C=N–C) groups is 1. The van der Waals surface area contributed by atoms with E-state index in [0.717, 1.165) is 44.7 Å². The number of carbonyl (C=O) groups is 1. The molecule has 27 heavy (non-hydrogen) atoms. The quantitative estimate of drug-likeness (QED) is 0.429. The molecule has 0 aliphatic heterocycles. The smallest absolute Gasteiger partial charge is 0.243 e. The van der Waals surface area contributed by atoms with Gasteiger partial charge >= 0.3 is 0 Å². The zero-order valence-corrected chi connectivity index (χ0v) is 17.6. The molecular weight excluding hydrogens is 342 g/mol. The van der Waals surface area contributed by atoms with Gasteiger partial charge in [-0.25, -0.2) is 4.99 Å². The molecule has 0 aliphatic carbocycles. The van der Waals surface area contributed by atoms with E-state index in [4.69, 9.17) is 4.42 Å². The minimum Gasteiger partial charge on any atom is -0.469 e. The lowest BCUT2D eigenvalue weighted by Gasteiger charge is -2.21. The van der Waals surface area contributed by atoms with Gasteiger partial charge in [0.2, 0.25) is 5.91 Å². The van der Waals surface area contributed by atoms with Gasteiger partial charge < -0.3 is 24.9 Å². The number of likely N-dealkylation sites (N-methyl/N-ethyl adjacent to an activating group) is 1. The summed E-state index contributed by atoms with van der Waals surface area (Å²) in [4.78, 5) is 20.3. The van der Waals surface area contributed by atoms with Crippen molar-refractivity contribution in [2.24, 2.45) is 4.99 Å².